The minimum absolute atomic E-state index is 0.0542. The van der Waals surface area contributed by atoms with Gasteiger partial charge in [-0.1, -0.05) is 212 Å². The van der Waals surface area contributed by atoms with Crippen LogP contribution in [0.15, 0.2) is 0 Å². The van der Waals surface area contributed by atoms with Crippen molar-refractivity contribution in [3.8, 4) is 0 Å². The van der Waals surface area contributed by atoms with Gasteiger partial charge in [0.25, 0.3) is 0 Å². The first-order valence-electron chi connectivity index (χ1n) is 22.5. The molecule has 0 aromatic heterocycles. The van der Waals surface area contributed by atoms with E-state index >= 15 is 0 Å². The smallest absolute Gasteiger partial charge is 0.462 e. The van der Waals surface area contributed by atoms with Gasteiger partial charge in [0, 0.05) is 19.9 Å². The predicted molar refractivity (Wildman–Crippen MR) is 220 cm³/mol. The van der Waals surface area contributed by atoms with Crippen LogP contribution in [-0.4, -0.2) is 49.3 Å². The third-order valence-corrected chi connectivity index (χ3v) is 11.0. The minimum Gasteiger partial charge on any atom is -0.462 e. The van der Waals surface area contributed by atoms with Gasteiger partial charge in [-0.2, -0.15) is 0 Å². The van der Waals surface area contributed by atoms with Crippen LogP contribution in [-0.2, 0) is 32.7 Å². The summed E-state index contributed by atoms with van der Waals surface area (Å²) >= 11 is 0. The molecule has 3 N–H and O–H groups in total. The van der Waals surface area contributed by atoms with Gasteiger partial charge in [-0.15, -0.1) is 0 Å². The molecule has 0 radical (unpaired) electrons. The number of carbonyl (C=O) groups is 2. The van der Waals surface area contributed by atoms with Crippen molar-refractivity contribution in [2.75, 3.05) is 26.4 Å². The number of unbranched alkanes of at least 4 members (excludes halogenated alkanes) is 32. The molecular formula is C43H86NO8P. The van der Waals surface area contributed by atoms with Crippen molar-refractivity contribution in [1.82, 2.24) is 0 Å². The zero-order chi connectivity index (χ0) is 38.9. The van der Waals surface area contributed by atoms with Crippen LogP contribution in [0.2, 0.25) is 0 Å². The van der Waals surface area contributed by atoms with Gasteiger partial charge in [-0.05, 0) is 6.42 Å². The molecule has 0 heterocycles. The Morgan fingerprint density at radius 3 is 1.15 bits per heavy atom. The van der Waals surface area contributed by atoms with E-state index in [0.29, 0.717) is 0 Å². The van der Waals surface area contributed by atoms with Gasteiger partial charge >= 0.3 is 19.8 Å². The maximum absolute atomic E-state index is 12.1. The second-order valence-electron chi connectivity index (χ2n) is 15.4. The first-order chi connectivity index (χ1) is 25.8. The Morgan fingerprint density at radius 1 is 0.528 bits per heavy atom. The van der Waals surface area contributed by atoms with E-state index in [9.17, 15) is 19.0 Å². The second-order valence-corrected chi connectivity index (χ2v) is 16.8. The summed E-state index contributed by atoms with van der Waals surface area (Å²) in [5.74, 6) is -1.01. The average molecular weight is 776 g/mol. The molecule has 53 heavy (non-hydrogen) atoms. The molecule has 0 bridgehead atoms. The fourth-order valence-corrected chi connectivity index (χ4v) is 7.58. The zero-order valence-electron chi connectivity index (χ0n) is 34.8. The molecule has 10 heteroatoms. The van der Waals surface area contributed by atoms with E-state index in [2.05, 4.69) is 11.4 Å². The number of esters is 2. The Kier molecular flexibility index (Phi) is 39.9. The average Bonchev–Trinajstić information content (AvgIpc) is 3.13. The van der Waals surface area contributed by atoms with Crippen LogP contribution in [0.1, 0.15) is 232 Å². The number of ether oxygens (including phenoxy) is 2. The highest BCUT2D eigenvalue weighted by molar-refractivity contribution is 7.47. The highest BCUT2D eigenvalue weighted by atomic mass is 31.2. The van der Waals surface area contributed by atoms with Crippen molar-refractivity contribution in [3.05, 3.63) is 0 Å². The molecule has 0 aromatic rings. The number of hydrogen-bond donors (Lipinski definition) is 2. The molecule has 9 nitrogen and oxygen atoms in total. The van der Waals surface area contributed by atoms with Gasteiger partial charge in [0.2, 0.25) is 0 Å². The van der Waals surface area contributed by atoms with Crippen molar-refractivity contribution in [2.24, 2.45) is 5.73 Å². The quantitative estimate of drug-likeness (QED) is 0.0352. The highest BCUT2D eigenvalue weighted by Gasteiger charge is 2.25. The fourth-order valence-electron chi connectivity index (χ4n) is 6.81. The third-order valence-electron chi connectivity index (χ3n) is 10.0. The van der Waals surface area contributed by atoms with Crippen molar-refractivity contribution in [3.63, 3.8) is 0 Å². The highest BCUT2D eigenvalue weighted by Crippen LogP contribution is 2.43. The number of nitrogens with two attached hydrogens (primary N) is 1. The fraction of sp³-hybridized carbons (Fsp3) is 0.953. The molecule has 1 unspecified atom stereocenters. The summed E-state index contributed by atoms with van der Waals surface area (Å²) in [6.45, 7) is 2.70. The molecule has 316 valence electrons. The van der Waals surface area contributed by atoms with E-state index < -0.39 is 32.5 Å². The monoisotopic (exact) mass is 776 g/mol. The van der Waals surface area contributed by atoms with Crippen molar-refractivity contribution in [2.45, 2.75) is 238 Å². The first-order valence-corrected chi connectivity index (χ1v) is 23.9. The van der Waals surface area contributed by atoms with Crippen LogP contribution in [0, 0.1) is 0 Å². The van der Waals surface area contributed by atoms with Crippen molar-refractivity contribution in [1.29, 1.82) is 0 Å². The molecule has 0 aromatic carbocycles. The SMILES string of the molecule is CCCCCCCCCCCCCCCCCCCCCCCCCCCCCCCCCCCC(=O)OC[C@H](COP(=O)(O)OCCN)OC(C)=O. The third kappa shape index (κ3) is 42.0. The number of hydrogen-bond acceptors (Lipinski definition) is 8. The van der Waals surface area contributed by atoms with E-state index in [1.165, 1.54) is 200 Å². The van der Waals surface area contributed by atoms with E-state index in [1.54, 1.807) is 0 Å². The van der Waals surface area contributed by atoms with Crippen LogP contribution in [0.3, 0.4) is 0 Å². The molecule has 0 aliphatic heterocycles. The maximum Gasteiger partial charge on any atom is 0.472 e. The Morgan fingerprint density at radius 2 is 0.849 bits per heavy atom. The van der Waals surface area contributed by atoms with Crippen molar-refractivity contribution < 1.29 is 37.6 Å². The number of phosphoric ester groups is 1. The van der Waals surface area contributed by atoms with Gasteiger partial charge in [-0.3, -0.25) is 18.6 Å². The van der Waals surface area contributed by atoms with Gasteiger partial charge in [-0.25, -0.2) is 4.57 Å². The summed E-state index contributed by atoms with van der Waals surface area (Å²) in [4.78, 5) is 33.0. The van der Waals surface area contributed by atoms with E-state index in [0.717, 1.165) is 19.3 Å². The predicted octanol–water partition coefficient (Wildman–Crippen LogP) is 12.8. The van der Waals surface area contributed by atoms with Gasteiger partial charge in [0.05, 0.1) is 13.2 Å². The van der Waals surface area contributed by atoms with Crippen molar-refractivity contribution >= 4 is 19.8 Å². The minimum atomic E-state index is -4.32. The maximum atomic E-state index is 12.1. The normalized spacial score (nSPS) is 13.2. The van der Waals surface area contributed by atoms with Crippen LogP contribution in [0.4, 0.5) is 0 Å². The summed E-state index contributed by atoms with van der Waals surface area (Å²) in [5.41, 5.74) is 5.25. The molecule has 0 rings (SSSR count). The molecule has 0 saturated heterocycles. The summed E-state index contributed by atoms with van der Waals surface area (Å²) < 4.78 is 31.4. The molecule has 0 aliphatic carbocycles. The van der Waals surface area contributed by atoms with Crippen LogP contribution >= 0.6 is 7.82 Å². The lowest BCUT2D eigenvalue weighted by Crippen LogP contribution is -2.28. The van der Waals surface area contributed by atoms with Gasteiger partial charge in [0.15, 0.2) is 6.10 Å². The molecule has 0 amide bonds. The summed E-state index contributed by atoms with van der Waals surface area (Å²) in [6.07, 6.45) is 44.4. The van der Waals surface area contributed by atoms with Crippen LogP contribution in [0.25, 0.3) is 0 Å². The Balaban J connectivity index is 3.38. The van der Waals surface area contributed by atoms with E-state index in [-0.39, 0.29) is 26.2 Å². The molecule has 0 spiro atoms. The standard InChI is InChI=1S/C43H86NO8P/c1-3-4-5-6-7-8-9-10-11-12-13-14-15-16-17-18-19-20-21-22-23-24-25-26-27-28-29-30-31-32-33-34-35-36-43(46)49-39-42(52-41(2)45)40-51-53(47,48)50-38-37-44/h42H,3-40,44H2,1-2H3,(H,47,48)/t42-/m1/s1. The molecule has 0 saturated carbocycles. The van der Waals surface area contributed by atoms with E-state index in [4.69, 9.17) is 19.7 Å². The Labute approximate surface area is 327 Å². The summed E-state index contributed by atoms with van der Waals surface area (Å²) in [5, 5.41) is 0. The summed E-state index contributed by atoms with van der Waals surface area (Å²) in [6, 6.07) is 0. The lowest BCUT2D eigenvalue weighted by Gasteiger charge is -2.19. The lowest BCUT2D eigenvalue weighted by atomic mass is 10.0. The van der Waals surface area contributed by atoms with Crippen LogP contribution < -0.4 is 5.73 Å². The van der Waals surface area contributed by atoms with Crippen LogP contribution in [0.5, 0.6) is 0 Å². The van der Waals surface area contributed by atoms with Gasteiger partial charge in [0.1, 0.15) is 6.61 Å². The topological polar surface area (TPSA) is 134 Å². The van der Waals surface area contributed by atoms with E-state index in [1.807, 2.05) is 0 Å². The molecular weight excluding hydrogens is 689 g/mol. The Hall–Kier alpha value is -0.990. The molecule has 0 aliphatic rings. The van der Waals surface area contributed by atoms with Gasteiger partial charge < -0.3 is 20.1 Å². The number of carbonyl (C=O) groups excluding carboxylic acids is 2. The Bertz CT molecular complexity index is 845. The molecule has 0 fully saturated rings. The zero-order valence-corrected chi connectivity index (χ0v) is 35.7. The largest absolute Gasteiger partial charge is 0.472 e. The number of rotatable bonds is 43. The lowest BCUT2D eigenvalue weighted by molar-refractivity contribution is -0.159. The first kappa shape index (κ1) is 52.0. The summed E-state index contributed by atoms with van der Waals surface area (Å²) in [7, 11) is -4.32. The second kappa shape index (κ2) is 40.7. The molecule has 2 atom stereocenters. The number of phosphoric acid groups is 1.